The van der Waals surface area contributed by atoms with E-state index in [2.05, 4.69) is 27.8 Å². The fourth-order valence-corrected chi connectivity index (χ4v) is 6.00. The van der Waals surface area contributed by atoms with Gasteiger partial charge in [-0.3, -0.25) is 10.1 Å². The highest BCUT2D eigenvalue weighted by Crippen LogP contribution is 2.34. The highest BCUT2D eigenvalue weighted by molar-refractivity contribution is 9.09. The molecule has 1 fully saturated rings. The maximum absolute atomic E-state index is 13.5. The Morgan fingerprint density at radius 1 is 1.33 bits per heavy atom. The van der Waals surface area contributed by atoms with Gasteiger partial charge < -0.3 is 9.80 Å². The summed E-state index contributed by atoms with van der Waals surface area (Å²) in [6, 6.07) is 4.11. The van der Waals surface area contributed by atoms with Crippen molar-refractivity contribution < 1.29 is 13.3 Å². The Labute approximate surface area is 169 Å². The Balaban J connectivity index is 2.48. The van der Waals surface area contributed by atoms with Crippen molar-refractivity contribution >= 4 is 37.1 Å². The van der Waals surface area contributed by atoms with E-state index in [0.717, 1.165) is 25.9 Å². The molecule has 0 aliphatic carbocycles. The average molecular weight is 461 g/mol. The lowest BCUT2D eigenvalue weighted by Gasteiger charge is -2.28. The van der Waals surface area contributed by atoms with Crippen molar-refractivity contribution in [3.8, 4) is 0 Å². The van der Waals surface area contributed by atoms with E-state index in [1.165, 1.54) is 18.2 Å². The SMILES string of the molecule is [CH2]CN(CCBr)c1ccc([N+](=O)[O-])cc1S(=O)(=O)C1CCCN(C)CCC1. The maximum Gasteiger partial charge on any atom is 0.270 e. The molecule has 0 bridgehead atoms. The molecule has 27 heavy (non-hydrogen) atoms. The second-order valence-corrected chi connectivity index (χ2v) is 9.83. The first kappa shape index (κ1) is 22.1. The first-order valence-electron chi connectivity index (χ1n) is 9.12. The molecule has 1 aromatic carbocycles. The molecule has 1 heterocycles. The van der Waals surface area contributed by atoms with Crippen LogP contribution in [0.25, 0.3) is 0 Å². The van der Waals surface area contributed by atoms with Gasteiger partial charge >= 0.3 is 0 Å². The third-order valence-electron chi connectivity index (χ3n) is 5.00. The van der Waals surface area contributed by atoms with Crippen molar-refractivity contribution in [1.82, 2.24) is 4.90 Å². The number of non-ortho nitro benzene ring substituents is 1. The lowest BCUT2D eigenvalue weighted by atomic mass is 10.1. The zero-order valence-corrected chi connectivity index (χ0v) is 18.0. The summed E-state index contributed by atoms with van der Waals surface area (Å²) in [5.41, 5.74) is 0.292. The minimum absolute atomic E-state index is 0.0558. The zero-order chi connectivity index (χ0) is 20.0. The van der Waals surface area contributed by atoms with Crippen LogP contribution >= 0.6 is 15.9 Å². The summed E-state index contributed by atoms with van der Waals surface area (Å²) in [5.74, 6) is 0. The molecule has 9 heteroatoms. The van der Waals surface area contributed by atoms with Gasteiger partial charge in [-0.2, -0.15) is 0 Å². The number of nitrogens with zero attached hydrogens (tertiary/aromatic N) is 3. The topological polar surface area (TPSA) is 83.8 Å². The quantitative estimate of drug-likeness (QED) is 0.352. The molecule has 1 aliphatic rings. The van der Waals surface area contributed by atoms with Crippen LogP contribution in [0.15, 0.2) is 23.1 Å². The fourth-order valence-electron chi connectivity index (χ4n) is 3.48. The molecule has 0 N–H and O–H groups in total. The van der Waals surface area contributed by atoms with E-state index in [4.69, 9.17) is 0 Å². The summed E-state index contributed by atoms with van der Waals surface area (Å²) in [6.45, 7) is 6.55. The number of anilines is 1. The first-order valence-corrected chi connectivity index (χ1v) is 11.8. The Bertz CT molecular complexity index is 747. The van der Waals surface area contributed by atoms with E-state index in [1.54, 1.807) is 0 Å². The summed E-state index contributed by atoms with van der Waals surface area (Å²) >= 11 is 3.37. The summed E-state index contributed by atoms with van der Waals surface area (Å²) in [5, 5.41) is 11.4. The van der Waals surface area contributed by atoms with E-state index in [1.807, 2.05) is 11.9 Å². The summed E-state index contributed by atoms with van der Waals surface area (Å²) in [7, 11) is -1.65. The first-order chi connectivity index (χ1) is 12.8. The van der Waals surface area contributed by atoms with E-state index in [-0.39, 0.29) is 10.6 Å². The van der Waals surface area contributed by atoms with Gasteiger partial charge in [-0.25, -0.2) is 8.42 Å². The molecule has 0 atom stereocenters. The number of nitro benzene ring substituents is 1. The van der Waals surface area contributed by atoms with Crippen LogP contribution in [-0.4, -0.2) is 62.0 Å². The lowest BCUT2D eigenvalue weighted by molar-refractivity contribution is -0.385. The molecule has 0 saturated carbocycles. The number of nitro groups is 1. The fraction of sp³-hybridized carbons (Fsp3) is 0.611. The van der Waals surface area contributed by atoms with Crippen LogP contribution in [0.4, 0.5) is 11.4 Å². The number of hydrogen-bond donors (Lipinski definition) is 0. The molecule has 0 amide bonds. The number of alkyl halides is 1. The minimum atomic E-state index is -3.69. The van der Waals surface area contributed by atoms with Gasteiger partial charge in [0.05, 0.1) is 20.8 Å². The molecular weight excluding hydrogens is 434 g/mol. The van der Waals surface area contributed by atoms with Gasteiger partial charge in [-0.15, -0.1) is 0 Å². The number of halogens is 1. The molecule has 1 saturated heterocycles. The standard InChI is InChI=1S/C18H27BrN3O4S/c1-3-21(13-10-19)17-9-8-15(22(23)24)14-18(17)27(25,26)16-6-4-11-20(2)12-5-7-16/h8-9,14,16H,1,3-7,10-13H2,2H3. The van der Waals surface area contributed by atoms with Crippen molar-refractivity contribution in [3.63, 3.8) is 0 Å². The molecular formula is C18H27BrN3O4S. The highest BCUT2D eigenvalue weighted by Gasteiger charge is 2.32. The number of sulfone groups is 1. The molecule has 1 radical (unpaired) electrons. The van der Waals surface area contributed by atoms with Crippen LogP contribution in [0.3, 0.4) is 0 Å². The minimum Gasteiger partial charge on any atom is -0.370 e. The molecule has 2 rings (SSSR count). The second-order valence-electron chi connectivity index (χ2n) is 6.84. The van der Waals surface area contributed by atoms with E-state index in [9.17, 15) is 18.5 Å². The second kappa shape index (κ2) is 9.84. The Morgan fingerprint density at radius 3 is 2.48 bits per heavy atom. The summed E-state index contributed by atoms with van der Waals surface area (Å²) in [4.78, 5) is 14.8. The molecule has 1 aliphatic heterocycles. The van der Waals surface area contributed by atoms with Crippen molar-refractivity contribution in [3.05, 3.63) is 35.2 Å². The van der Waals surface area contributed by atoms with Crippen LogP contribution in [0.1, 0.15) is 25.7 Å². The molecule has 7 nitrogen and oxygen atoms in total. The van der Waals surface area contributed by atoms with Gasteiger partial charge in [0.15, 0.2) is 9.84 Å². The van der Waals surface area contributed by atoms with Crippen molar-refractivity contribution in [2.75, 3.05) is 43.5 Å². The normalized spacial score (nSPS) is 17.3. The van der Waals surface area contributed by atoms with Crippen LogP contribution in [0.2, 0.25) is 0 Å². The van der Waals surface area contributed by atoms with Crippen LogP contribution < -0.4 is 4.90 Å². The van der Waals surface area contributed by atoms with Gasteiger partial charge in [0.1, 0.15) is 0 Å². The predicted molar refractivity (Wildman–Crippen MR) is 111 cm³/mol. The van der Waals surface area contributed by atoms with Crippen molar-refractivity contribution in [1.29, 1.82) is 0 Å². The van der Waals surface area contributed by atoms with E-state index < -0.39 is 20.0 Å². The van der Waals surface area contributed by atoms with Crippen molar-refractivity contribution in [2.24, 2.45) is 0 Å². The number of benzene rings is 1. The van der Waals surface area contributed by atoms with E-state index in [0.29, 0.717) is 36.9 Å². The van der Waals surface area contributed by atoms with Crippen molar-refractivity contribution in [2.45, 2.75) is 35.8 Å². The molecule has 151 valence electrons. The number of rotatable bonds is 7. The molecule has 0 aromatic heterocycles. The smallest absolute Gasteiger partial charge is 0.270 e. The predicted octanol–water partition coefficient (Wildman–Crippen LogP) is 3.28. The summed E-state index contributed by atoms with van der Waals surface area (Å²) in [6.07, 6.45) is 2.73. The van der Waals surface area contributed by atoms with Crippen LogP contribution in [0, 0.1) is 17.0 Å². The van der Waals surface area contributed by atoms with Gasteiger partial charge in [-0.1, -0.05) is 15.9 Å². The Morgan fingerprint density at radius 2 is 1.96 bits per heavy atom. The van der Waals surface area contributed by atoms with Crippen LogP contribution in [0.5, 0.6) is 0 Å². The Kier molecular flexibility index (Phi) is 8.05. The van der Waals surface area contributed by atoms with Gasteiger partial charge in [-0.05, 0) is 58.8 Å². The number of likely N-dealkylation sites (tertiary alicyclic amines) is 1. The number of hydrogen-bond acceptors (Lipinski definition) is 6. The maximum atomic E-state index is 13.5. The molecule has 0 spiro atoms. The zero-order valence-electron chi connectivity index (χ0n) is 15.6. The van der Waals surface area contributed by atoms with Gasteiger partial charge in [0, 0.05) is 30.6 Å². The third-order valence-corrected chi connectivity index (χ3v) is 7.64. The largest absolute Gasteiger partial charge is 0.370 e. The van der Waals surface area contributed by atoms with Gasteiger partial charge in [0.25, 0.3) is 5.69 Å². The monoisotopic (exact) mass is 460 g/mol. The summed E-state index contributed by atoms with van der Waals surface area (Å²) < 4.78 is 26.9. The van der Waals surface area contributed by atoms with E-state index >= 15 is 0 Å². The Hall–Kier alpha value is -1.19. The average Bonchev–Trinajstić information content (AvgIpc) is 2.62. The molecule has 1 aromatic rings. The van der Waals surface area contributed by atoms with Crippen LogP contribution in [-0.2, 0) is 9.84 Å². The lowest BCUT2D eigenvalue weighted by Crippen LogP contribution is -2.32. The highest BCUT2D eigenvalue weighted by atomic mass is 79.9. The van der Waals surface area contributed by atoms with Gasteiger partial charge in [0.2, 0.25) is 0 Å². The molecule has 0 unspecified atom stereocenters. The third kappa shape index (κ3) is 5.42.